The van der Waals surface area contributed by atoms with E-state index in [0.29, 0.717) is 12.4 Å². The van der Waals surface area contributed by atoms with Gasteiger partial charge in [0.2, 0.25) is 0 Å². The Labute approximate surface area is 228 Å². The number of aromatic hydroxyl groups is 1. The summed E-state index contributed by atoms with van der Waals surface area (Å²) < 4.78 is 23.2. The minimum absolute atomic E-state index is 0.0921. The number of rotatable bonds is 8. The molecule has 1 aromatic heterocycles. The number of nitrogens with zero attached hydrogens (tertiary/aromatic N) is 1. The summed E-state index contributed by atoms with van der Waals surface area (Å²) in [6.07, 6.45) is 1.74. The Balaban J connectivity index is 1.52. The van der Waals surface area contributed by atoms with Crippen LogP contribution in [0.4, 0.5) is 0 Å². The van der Waals surface area contributed by atoms with Crippen LogP contribution in [-0.4, -0.2) is 60.5 Å². The molecular formula is C30H34N2O7. The topological polar surface area (TPSA) is 116 Å². The summed E-state index contributed by atoms with van der Waals surface area (Å²) in [5.41, 5.74) is 2.03. The van der Waals surface area contributed by atoms with Crippen molar-refractivity contribution in [2.24, 2.45) is 5.92 Å². The zero-order valence-electron chi connectivity index (χ0n) is 22.3. The number of methoxy groups -OCH3 is 1. The van der Waals surface area contributed by atoms with Crippen LogP contribution in [0.5, 0.6) is 17.2 Å². The average molecular weight is 535 g/mol. The van der Waals surface area contributed by atoms with Gasteiger partial charge in [-0.15, -0.1) is 0 Å². The van der Waals surface area contributed by atoms with Gasteiger partial charge in [0.15, 0.2) is 23.2 Å². The molecule has 1 aliphatic heterocycles. The van der Waals surface area contributed by atoms with E-state index in [4.69, 9.17) is 18.9 Å². The number of aromatic nitrogens is 1. The molecule has 4 atom stereocenters. The second-order valence-electron chi connectivity index (χ2n) is 9.60. The predicted octanol–water partition coefficient (Wildman–Crippen LogP) is 3.86. The maximum Gasteiger partial charge on any atom is 0.331 e. The van der Waals surface area contributed by atoms with Gasteiger partial charge in [-0.1, -0.05) is 48.0 Å². The monoisotopic (exact) mass is 534 g/mol. The quantitative estimate of drug-likeness (QED) is 0.419. The summed E-state index contributed by atoms with van der Waals surface area (Å²) >= 11 is 0. The van der Waals surface area contributed by atoms with Gasteiger partial charge in [0, 0.05) is 18.2 Å². The number of hydrogen-bond donors (Lipinski definition) is 2. The molecule has 1 fully saturated rings. The van der Waals surface area contributed by atoms with Crippen LogP contribution in [0.3, 0.4) is 0 Å². The van der Waals surface area contributed by atoms with Crippen molar-refractivity contribution in [2.45, 2.75) is 44.9 Å². The molecule has 2 aromatic carbocycles. The Bertz CT molecular complexity index is 1250. The highest BCUT2D eigenvalue weighted by Crippen LogP contribution is 2.28. The maximum atomic E-state index is 13.2. The first-order valence-corrected chi connectivity index (χ1v) is 12.9. The lowest BCUT2D eigenvalue weighted by atomic mass is 9.92. The van der Waals surface area contributed by atoms with Crippen LogP contribution in [-0.2, 0) is 20.7 Å². The summed E-state index contributed by atoms with van der Waals surface area (Å²) in [5, 5.41) is 12.9. The molecule has 206 valence electrons. The fraction of sp³-hybridized carbons (Fsp3) is 0.367. The van der Waals surface area contributed by atoms with Crippen LogP contribution in [0.1, 0.15) is 35.0 Å². The largest absolute Gasteiger partial charge is 0.503 e. The van der Waals surface area contributed by atoms with Gasteiger partial charge in [-0.2, -0.15) is 0 Å². The lowest BCUT2D eigenvalue weighted by Crippen LogP contribution is -2.47. The summed E-state index contributed by atoms with van der Waals surface area (Å²) in [7, 11) is 1.37. The summed E-state index contributed by atoms with van der Waals surface area (Å²) in [6.45, 7) is 3.96. The van der Waals surface area contributed by atoms with Crippen LogP contribution in [0.2, 0.25) is 0 Å². The van der Waals surface area contributed by atoms with Crippen LogP contribution >= 0.6 is 0 Å². The van der Waals surface area contributed by atoms with Crippen molar-refractivity contribution in [1.29, 1.82) is 0 Å². The van der Waals surface area contributed by atoms with E-state index < -0.39 is 35.9 Å². The lowest BCUT2D eigenvalue weighted by molar-refractivity contribution is -0.156. The number of benzene rings is 2. The summed E-state index contributed by atoms with van der Waals surface area (Å²) in [6, 6.07) is 18.1. The number of carbonyl (C=O) groups is 2. The zero-order valence-corrected chi connectivity index (χ0v) is 22.3. The molecule has 3 aromatic rings. The maximum absolute atomic E-state index is 13.2. The number of pyridine rings is 1. The molecule has 1 saturated heterocycles. The molecule has 0 unspecified atom stereocenters. The molecule has 1 aliphatic rings. The number of hydrogen-bond acceptors (Lipinski definition) is 8. The highest BCUT2D eigenvalue weighted by atomic mass is 16.6. The number of aryl methyl sites for hydroxylation is 2. The van der Waals surface area contributed by atoms with Gasteiger partial charge in [0.25, 0.3) is 5.91 Å². The van der Waals surface area contributed by atoms with Crippen LogP contribution in [0, 0.1) is 12.8 Å². The van der Waals surface area contributed by atoms with Gasteiger partial charge in [-0.3, -0.25) is 4.79 Å². The van der Waals surface area contributed by atoms with E-state index >= 15 is 0 Å². The minimum Gasteiger partial charge on any atom is -0.503 e. The molecule has 9 heteroatoms. The van der Waals surface area contributed by atoms with E-state index in [1.807, 2.05) is 49.4 Å². The van der Waals surface area contributed by atoms with Gasteiger partial charge in [0.1, 0.15) is 18.0 Å². The molecule has 0 radical (unpaired) electrons. The first-order valence-electron chi connectivity index (χ1n) is 12.9. The second kappa shape index (κ2) is 13.1. The number of nitrogens with one attached hydrogen (secondary N) is 1. The Morgan fingerprint density at radius 2 is 1.85 bits per heavy atom. The van der Waals surface area contributed by atoms with Gasteiger partial charge in [-0.25, -0.2) is 9.78 Å². The first-order chi connectivity index (χ1) is 18.9. The Morgan fingerprint density at radius 3 is 2.56 bits per heavy atom. The second-order valence-corrected chi connectivity index (χ2v) is 9.60. The SMILES string of the molecule is COc1ccnc(C(=O)N[C@H]2COC[C@H](CCc3ccccc3)[C@@H](Oc3ccc(C)cc3)[C@H](C)OC2=O)c1O. The molecule has 1 amide bonds. The van der Waals surface area contributed by atoms with Crippen molar-refractivity contribution in [3.05, 3.63) is 83.7 Å². The standard InChI is InChI=1S/C30H34N2O7/c1-19-9-13-23(14-10-19)39-28-20(2)38-30(35)24(32-29(34)26-27(33)25(36-3)15-16-31-26)18-37-17-22(28)12-11-21-7-5-4-6-8-21/h4-10,13-16,20,22,24,28,33H,11-12,17-18H2,1-3H3,(H,32,34)/t20-,22-,24-,28-/m0/s1. The van der Waals surface area contributed by atoms with E-state index in [0.717, 1.165) is 18.4 Å². The molecule has 0 spiro atoms. The predicted molar refractivity (Wildman–Crippen MR) is 144 cm³/mol. The molecule has 0 saturated carbocycles. The Morgan fingerprint density at radius 1 is 1.10 bits per heavy atom. The van der Waals surface area contributed by atoms with Crippen LogP contribution < -0.4 is 14.8 Å². The normalized spacial score (nSPS) is 21.6. The molecule has 2 N–H and O–H groups in total. The Hall–Kier alpha value is -4.11. The summed E-state index contributed by atoms with van der Waals surface area (Å²) in [4.78, 5) is 30.0. The van der Waals surface area contributed by atoms with Gasteiger partial charge in [0.05, 0.1) is 20.3 Å². The third kappa shape index (κ3) is 7.26. The number of ether oxygens (including phenoxy) is 4. The third-order valence-corrected chi connectivity index (χ3v) is 6.70. The van der Waals surface area contributed by atoms with Gasteiger partial charge < -0.3 is 29.4 Å². The van der Waals surface area contributed by atoms with E-state index in [1.54, 1.807) is 6.92 Å². The number of amides is 1. The van der Waals surface area contributed by atoms with E-state index in [2.05, 4.69) is 22.4 Å². The van der Waals surface area contributed by atoms with Crippen molar-refractivity contribution in [1.82, 2.24) is 10.3 Å². The van der Waals surface area contributed by atoms with Crippen LogP contribution in [0.15, 0.2) is 66.9 Å². The highest BCUT2D eigenvalue weighted by Gasteiger charge is 2.36. The molecule has 0 aliphatic carbocycles. The van der Waals surface area contributed by atoms with Crippen molar-refractivity contribution in [3.63, 3.8) is 0 Å². The summed E-state index contributed by atoms with van der Waals surface area (Å²) in [5.74, 6) is -1.18. The smallest absolute Gasteiger partial charge is 0.331 e. The van der Waals surface area contributed by atoms with Crippen molar-refractivity contribution in [2.75, 3.05) is 20.3 Å². The molecule has 4 rings (SSSR count). The molecule has 39 heavy (non-hydrogen) atoms. The molecular weight excluding hydrogens is 500 g/mol. The number of carbonyl (C=O) groups excluding carboxylic acids is 2. The first kappa shape index (κ1) is 27.9. The van der Waals surface area contributed by atoms with E-state index in [-0.39, 0.29) is 24.0 Å². The molecule has 9 nitrogen and oxygen atoms in total. The van der Waals surface area contributed by atoms with E-state index in [1.165, 1.54) is 24.9 Å². The minimum atomic E-state index is -1.11. The van der Waals surface area contributed by atoms with Crippen molar-refractivity contribution < 1.29 is 33.6 Å². The third-order valence-electron chi connectivity index (χ3n) is 6.70. The van der Waals surface area contributed by atoms with Crippen molar-refractivity contribution >= 4 is 11.9 Å². The van der Waals surface area contributed by atoms with Gasteiger partial charge >= 0.3 is 5.97 Å². The van der Waals surface area contributed by atoms with E-state index in [9.17, 15) is 14.7 Å². The van der Waals surface area contributed by atoms with Crippen LogP contribution in [0.25, 0.3) is 0 Å². The zero-order chi connectivity index (χ0) is 27.8. The Kier molecular flexibility index (Phi) is 9.38. The average Bonchev–Trinajstić information content (AvgIpc) is 2.98. The lowest BCUT2D eigenvalue weighted by Gasteiger charge is -2.31. The highest BCUT2D eigenvalue weighted by molar-refractivity contribution is 5.98. The molecule has 2 heterocycles. The number of cyclic esters (lactones) is 1. The van der Waals surface area contributed by atoms with Gasteiger partial charge in [-0.05, 0) is 44.4 Å². The fourth-order valence-corrected chi connectivity index (χ4v) is 4.52. The molecule has 0 bridgehead atoms. The fourth-order valence-electron chi connectivity index (χ4n) is 4.52. The number of esters is 1. The van der Waals surface area contributed by atoms with Crippen molar-refractivity contribution in [3.8, 4) is 17.2 Å².